The van der Waals surface area contributed by atoms with E-state index in [0.717, 1.165) is 25.7 Å². The van der Waals surface area contributed by atoms with Crippen molar-refractivity contribution in [3.63, 3.8) is 0 Å². The van der Waals surface area contributed by atoms with Gasteiger partial charge in [-0.05, 0) is 51.7 Å². The van der Waals surface area contributed by atoms with Gasteiger partial charge in [0.1, 0.15) is 11.6 Å². The third kappa shape index (κ3) is 3.22. The summed E-state index contributed by atoms with van der Waals surface area (Å²) in [6.07, 6.45) is 6.48. The first-order valence-electron chi connectivity index (χ1n) is 7.95. The highest BCUT2D eigenvalue weighted by Crippen LogP contribution is 2.34. The van der Waals surface area contributed by atoms with Gasteiger partial charge in [0.15, 0.2) is 0 Å². The van der Waals surface area contributed by atoms with Gasteiger partial charge in [-0.3, -0.25) is 9.59 Å². The van der Waals surface area contributed by atoms with Crippen LogP contribution in [0.2, 0.25) is 0 Å². The molecule has 2 rings (SSSR count). The van der Waals surface area contributed by atoms with Gasteiger partial charge in [-0.2, -0.15) is 11.8 Å². The van der Waals surface area contributed by atoms with E-state index in [1.165, 1.54) is 0 Å². The van der Waals surface area contributed by atoms with E-state index in [9.17, 15) is 9.59 Å². The molecular weight excluding hydrogens is 284 g/mol. The van der Waals surface area contributed by atoms with Crippen LogP contribution in [-0.4, -0.2) is 45.8 Å². The van der Waals surface area contributed by atoms with Gasteiger partial charge in [-0.1, -0.05) is 13.8 Å². The number of piperazine rings is 1. The fraction of sp³-hybridized carbons (Fsp3) is 0.875. The summed E-state index contributed by atoms with van der Waals surface area (Å²) in [5.41, 5.74) is -0.779. The van der Waals surface area contributed by atoms with E-state index in [1.807, 2.05) is 44.4 Å². The summed E-state index contributed by atoms with van der Waals surface area (Å²) in [4.78, 5) is 27.2. The minimum absolute atomic E-state index is 0.00147. The summed E-state index contributed by atoms with van der Waals surface area (Å²) in [6, 6.07) is -0.0972. The molecule has 1 aliphatic heterocycles. The fourth-order valence-electron chi connectivity index (χ4n) is 3.59. The molecule has 120 valence electrons. The minimum Gasteiger partial charge on any atom is -0.340 e. The molecule has 2 amide bonds. The molecule has 0 bridgehead atoms. The van der Waals surface area contributed by atoms with E-state index in [1.54, 1.807) is 0 Å². The summed E-state index contributed by atoms with van der Waals surface area (Å²) in [7, 11) is 0. The lowest BCUT2D eigenvalue weighted by atomic mass is 9.85. The highest BCUT2D eigenvalue weighted by Gasteiger charge is 2.49. The normalized spacial score (nSPS) is 33.2. The Morgan fingerprint density at radius 2 is 1.76 bits per heavy atom. The van der Waals surface area contributed by atoms with Crippen LogP contribution < -0.4 is 5.32 Å². The van der Waals surface area contributed by atoms with Crippen molar-refractivity contribution < 1.29 is 9.59 Å². The van der Waals surface area contributed by atoms with E-state index in [2.05, 4.69) is 11.6 Å². The Balaban J connectivity index is 2.23. The first-order valence-corrected chi connectivity index (χ1v) is 9.24. The lowest BCUT2D eigenvalue weighted by Gasteiger charge is -2.49. The molecular formula is C16H28N2O2S. The van der Waals surface area contributed by atoms with Gasteiger partial charge < -0.3 is 10.2 Å². The summed E-state index contributed by atoms with van der Waals surface area (Å²) in [6.45, 7) is 7.67. The van der Waals surface area contributed by atoms with Crippen molar-refractivity contribution in [2.24, 2.45) is 5.92 Å². The number of hydrogen-bond donors (Lipinski definition) is 1. The fourth-order valence-corrected chi connectivity index (χ4v) is 4.33. The van der Waals surface area contributed by atoms with Gasteiger partial charge in [0.25, 0.3) is 0 Å². The maximum absolute atomic E-state index is 12.9. The van der Waals surface area contributed by atoms with Crippen molar-refractivity contribution in [3.05, 3.63) is 0 Å². The number of carbonyl (C=O) groups is 2. The quantitative estimate of drug-likeness (QED) is 0.871. The van der Waals surface area contributed by atoms with Gasteiger partial charge in [0.05, 0.1) is 0 Å². The van der Waals surface area contributed by atoms with Crippen molar-refractivity contribution >= 4 is 23.6 Å². The largest absolute Gasteiger partial charge is 0.340 e. The Morgan fingerprint density at radius 3 is 2.24 bits per heavy atom. The summed E-state index contributed by atoms with van der Waals surface area (Å²) in [5, 5.41) is 3.60. The molecule has 1 N–H and O–H groups in total. The Morgan fingerprint density at radius 1 is 1.19 bits per heavy atom. The highest BCUT2D eigenvalue weighted by atomic mass is 32.2. The van der Waals surface area contributed by atoms with Crippen molar-refractivity contribution in [2.45, 2.75) is 76.3 Å². The van der Waals surface area contributed by atoms with Gasteiger partial charge >= 0.3 is 0 Å². The number of thioether (sulfide) groups is 1. The topological polar surface area (TPSA) is 49.4 Å². The maximum Gasteiger partial charge on any atom is 0.248 e. The third-order valence-electron chi connectivity index (χ3n) is 4.78. The second kappa shape index (κ2) is 6.19. The van der Waals surface area contributed by atoms with E-state index < -0.39 is 5.54 Å². The van der Waals surface area contributed by atoms with Crippen LogP contribution in [0.3, 0.4) is 0 Å². The smallest absolute Gasteiger partial charge is 0.248 e. The van der Waals surface area contributed by atoms with Crippen LogP contribution in [0, 0.1) is 5.92 Å². The summed E-state index contributed by atoms with van der Waals surface area (Å²) in [5.74, 6) is 0.221. The highest BCUT2D eigenvalue weighted by molar-refractivity contribution is 7.99. The molecule has 1 atom stereocenters. The molecule has 4 nitrogen and oxygen atoms in total. The molecule has 0 aromatic heterocycles. The van der Waals surface area contributed by atoms with Crippen LogP contribution in [0.4, 0.5) is 0 Å². The Labute approximate surface area is 132 Å². The average Bonchev–Trinajstić information content (AvgIpc) is 2.41. The zero-order valence-corrected chi connectivity index (χ0v) is 14.6. The SMILES string of the molecule is CSC1CCC(N2C(=O)C(C)(C)NC(=O)C2C(C)C)CC1. The molecule has 2 aliphatic rings. The van der Waals surface area contributed by atoms with E-state index in [0.29, 0.717) is 5.25 Å². The van der Waals surface area contributed by atoms with Crippen molar-refractivity contribution in [1.82, 2.24) is 10.2 Å². The molecule has 0 aromatic rings. The summed E-state index contributed by atoms with van der Waals surface area (Å²) < 4.78 is 0. The molecule has 1 unspecified atom stereocenters. The number of rotatable bonds is 3. The monoisotopic (exact) mass is 312 g/mol. The predicted octanol–water partition coefficient (Wildman–Crippen LogP) is 2.42. The molecule has 1 saturated carbocycles. The molecule has 21 heavy (non-hydrogen) atoms. The number of amides is 2. The van der Waals surface area contributed by atoms with Gasteiger partial charge in [-0.15, -0.1) is 0 Å². The van der Waals surface area contributed by atoms with E-state index in [-0.39, 0.29) is 29.8 Å². The Kier molecular flexibility index (Phi) is 4.91. The standard InChI is InChI=1S/C16H28N2O2S/c1-10(2)13-14(19)17-16(3,4)15(20)18(13)11-6-8-12(21-5)9-7-11/h10-13H,6-9H2,1-5H3,(H,17,19). The Hall–Kier alpha value is -0.710. The average molecular weight is 312 g/mol. The molecule has 1 heterocycles. The molecule has 0 aromatic carbocycles. The third-order valence-corrected chi connectivity index (χ3v) is 5.91. The van der Waals surface area contributed by atoms with Crippen molar-refractivity contribution in [1.29, 1.82) is 0 Å². The maximum atomic E-state index is 12.9. The molecule has 0 radical (unpaired) electrons. The van der Waals surface area contributed by atoms with E-state index in [4.69, 9.17) is 0 Å². The number of nitrogens with zero attached hydrogens (tertiary/aromatic N) is 1. The van der Waals surface area contributed by atoms with Crippen LogP contribution >= 0.6 is 11.8 Å². The molecule has 1 aliphatic carbocycles. The Bertz CT molecular complexity index is 415. The van der Waals surface area contributed by atoms with Crippen molar-refractivity contribution in [3.8, 4) is 0 Å². The van der Waals surface area contributed by atoms with Crippen LogP contribution in [0.5, 0.6) is 0 Å². The van der Waals surface area contributed by atoms with Gasteiger partial charge in [0, 0.05) is 11.3 Å². The lowest BCUT2D eigenvalue weighted by Crippen LogP contribution is -2.71. The van der Waals surface area contributed by atoms with Gasteiger partial charge in [0.2, 0.25) is 11.8 Å². The second-order valence-electron chi connectivity index (χ2n) is 7.18. The molecule has 2 fully saturated rings. The van der Waals surface area contributed by atoms with Crippen LogP contribution in [-0.2, 0) is 9.59 Å². The predicted molar refractivity (Wildman–Crippen MR) is 87.3 cm³/mol. The summed E-state index contributed by atoms with van der Waals surface area (Å²) >= 11 is 1.92. The van der Waals surface area contributed by atoms with Crippen LogP contribution in [0.15, 0.2) is 0 Å². The molecule has 0 spiro atoms. The van der Waals surface area contributed by atoms with E-state index >= 15 is 0 Å². The van der Waals surface area contributed by atoms with Crippen LogP contribution in [0.1, 0.15) is 53.4 Å². The molecule has 1 saturated heterocycles. The first-order chi connectivity index (χ1) is 9.77. The zero-order valence-electron chi connectivity index (χ0n) is 13.8. The van der Waals surface area contributed by atoms with Crippen LogP contribution in [0.25, 0.3) is 0 Å². The second-order valence-corrected chi connectivity index (χ2v) is 8.32. The minimum atomic E-state index is -0.779. The first kappa shape index (κ1) is 16.7. The number of carbonyl (C=O) groups excluding carboxylic acids is 2. The lowest BCUT2D eigenvalue weighted by molar-refractivity contribution is -0.159. The van der Waals surface area contributed by atoms with Gasteiger partial charge in [-0.25, -0.2) is 0 Å². The number of hydrogen-bond acceptors (Lipinski definition) is 3. The number of nitrogens with one attached hydrogen (secondary N) is 1. The zero-order chi connectivity index (χ0) is 15.8. The molecule has 5 heteroatoms. The van der Waals surface area contributed by atoms with Crippen molar-refractivity contribution in [2.75, 3.05) is 6.26 Å².